The van der Waals surface area contributed by atoms with E-state index in [-0.39, 0.29) is 6.61 Å². The molecule has 0 heterocycles. The maximum atomic E-state index is 8.92. The summed E-state index contributed by atoms with van der Waals surface area (Å²) in [4.78, 5) is 1.07. The first-order valence-corrected chi connectivity index (χ1v) is 5.56. The molecule has 1 aromatic rings. The van der Waals surface area contributed by atoms with Gasteiger partial charge in [0.05, 0.1) is 11.6 Å². The summed E-state index contributed by atoms with van der Waals surface area (Å²) in [6.45, 7) is 1.97. The van der Waals surface area contributed by atoms with Crippen LogP contribution < -0.4 is 0 Å². The van der Waals surface area contributed by atoms with Gasteiger partial charge in [0.1, 0.15) is 0 Å². The van der Waals surface area contributed by atoms with Gasteiger partial charge in [-0.1, -0.05) is 24.6 Å². The number of benzene rings is 1. The molecule has 0 bridgehead atoms. The Morgan fingerprint density at radius 1 is 1.54 bits per heavy atom. The molecule has 0 aliphatic heterocycles. The molecule has 1 radical (unpaired) electrons. The molecule has 0 amide bonds. The standard InChI is InChI=1S/C10H12ClOS/c1-7(6-12)8-3-4-10(13-2)9(11)5-8/h3-5,12H,6H2,1-2H3. The van der Waals surface area contributed by atoms with Crippen LogP contribution in [0.25, 0.3) is 0 Å². The van der Waals surface area contributed by atoms with Crippen LogP contribution in [0.15, 0.2) is 23.1 Å². The molecule has 1 nitrogen and oxygen atoms in total. The van der Waals surface area contributed by atoms with Crippen molar-refractivity contribution in [2.24, 2.45) is 0 Å². The lowest BCUT2D eigenvalue weighted by molar-refractivity contribution is 0.315. The molecule has 0 saturated carbocycles. The summed E-state index contributed by atoms with van der Waals surface area (Å²) >= 11 is 7.63. The summed E-state index contributed by atoms with van der Waals surface area (Å²) in [7, 11) is 0. The van der Waals surface area contributed by atoms with Crippen molar-refractivity contribution in [1.82, 2.24) is 0 Å². The first kappa shape index (κ1) is 10.9. The van der Waals surface area contributed by atoms with E-state index in [4.69, 9.17) is 16.7 Å². The molecule has 3 heteroatoms. The normalized spacial score (nSPS) is 10.8. The zero-order valence-corrected chi connectivity index (χ0v) is 9.25. The number of halogens is 1. The third-order valence-electron chi connectivity index (χ3n) is 1.88. The molecule has 0 fully saturated rings. The molecule has 13 heavy (non-hydrogen) atoms. The van der Waals surface area contributed by atoms with Gasteiger partial charge >= 0.3 is 0 Å². The lowest BCUT2D eigenvalue weighted by Crippen LogP contribution is -1.99. The van der Waals surface area contributed by atoms with Crippen molar-refractivity contribution in [1.29, 1.82) is 0 Å². The maximum Gasteiger partial charge on any atom is 0.0544 e. The number of hydrogen-bond donors (Lipinski definition) is 1. The van der Waals surface area contributed by atoms with Crippen LogP contribution in [-0.4, -0.2) is 18.0 Å². The van der Waals surface area contributed by atoms with E-state index < -0.39 is 0 Å². The highest BCUT2D eigenvalue weighted by Crippen LogP contribution is 2.28. The molecule has 1 aromatic carbocycles. The van der Waals surface area contributed by atoms with Gasteiger partial charge in [0, 0.05) is 10.8 Å². The number of aliphatic hydroxyl groups excluding tert-OH is 1. The van der Waals surface area contributed by atoms with Gasteiger partial charge < -0.3 is 5.11 Å². The number of thioether (sulfide) groups is 1. The fourth-order valence-corrected chi connectivity index (χ4v) is 1.89. The van der Waals surface area contributed by atoms with E-state index in [0.29, 0.717) is 0 Å². The zero-order valence-electron chi connectivity index (χ0n) is 7.67. The van der Waals surface area contributed by atoms with Crippen molar-refractivity contribution in [3.05, 3.63) is 34.7 Å². The van der Waals surface area contributed by atoms with Gasteiger partial charge in [0.25, 0.3) is 0 Å². The Morgan fingerprint density at radius 2 is 2.23 bits per heavy atom. The first-order valence-electron chi connectivity index (χ1n) is 3.96. The minimum atomic E-state index is 0.0783. The Balaban J connectivity index is 2.95. The lowest BCUT2D eigenvalue weighted by Gasteiger charge is -2.09. The fourth-order valence-electron chi connectivity index (χ4n) is 1.02. The van der Waals surface area contributed by atoms with Crippen LogP contribution in [0.2, 0.25) is 5.02 Å². The van der Waals surface area contributed by atoms with Crippen molar-refractivity contribution < 1.29 is 5.11 Å². The quantitative estimate of drug-likeness (QED) is 0.783. The first-order chi connectivity index (χ1) is 6.19. The average Bonchev–Trinajstić information content (AvgIpc) is 2.16. The van der Waals surface area contributed by atoms with Gasteiger partial charge in [-0.15, -0.1) is 11.8 Å². The van der Waals surface area contributed by atoms with Crippen molar-refractivity contribution in [3.8, 4) is 0 Å². The monoisotopic (exact) mass is 215 g/mol. The van der Waals surface area contributed by atoms with Crippen LogP contribution >= 0.6 is 23.4 Å². The molecule has 0 aliphatic carbocycles. The highest BCUT2D eigenvalue weighted by molar-refractivity contribution is 7.98. The van der Waals surface area contributed by atoms with Gasteiger partial charge in [-0.05, 0) is 24.0 Å². The van der Waals surface area contributed by atoms with Crippen LogP contribution in [0.3, 0.4) is 0 Å². The number of rotatable bonds is 3. The highest BCUT2D eigenvalue weighted by atomic mass is 35.5. The van der Waals surface area contributed by atoms with E-state index in [1.165, 1.54) is 0 Å². The van der Waals surface area contributed by atoms with Gasteiger partial charge in [-0.2, -0.15) is 0 Å². The van der Waals surface area contributed by atoms with Gasteiger partial charge in [0.2, 0.25) is 0 Å². The van der Waals surface area contributed by atoms with E-state index in [0.717, 1.165) is 21.4 Å². The highest BCUT2D eigenvalue weighted by Gasteiger charge is 2.06. The zero-order chi connectivity index (χ0) is 9.84. The van der Waals surface area contributed by atoms with Crippen LogP contribution in [0.1, 0.15) is 12.5 Å². The van der Waals surface area contributed by atoms with Crippen LogP contribution in [0.5, 0.6) is 0 Å². The molecule has 0 atom stereocenters. The summed E-state index contributed by atoms with van der Waals surface area (Å²) in [5.74, 6) is 0.939. The third-order valence-corrected chi connectivity index (χ3v) is 3.10. The molecular weight excluding hydrogens is 204 g/mol. The van der Waals surface area contributed by atoms with Crippen LogP contribution in [0, 0.1) is 5.92 Å². The molecular formula is C10H12ClOS. The van der Waals surface area contributed by atoms with E-state index >= 15 is 0 Å². The Bertz CT molecular complexity index is 288. The predicted octanol–water partition coefficient (Wildman–Crippen LogP) is 3.00. The smallest absolute Gasteiger partial charge is 0.0544 e. The van der Waals surface area contributed by atoms with Crippen molar-refractivity contribution in [2.45, 2.75) is 11.8 Å². The number of aliphatic hydroxyl groups is 1. The summed E-state index contributed by atoms with van der Waals surface area (Å²) in [6, 6.07) is 5.84. The van der Waals surface area contributed by atoms with E-state index in [1.54, 1.807) is 11.8 Å². The largest absolute Gasteiger partial charge is 0.395 e. The summed E-state index contributed by atoms with van der Waals surface area (Å²) < 4.78 is 0. The summed E-state index contributed by atoms with van der Waals surface area (Å²) in [5, 5.41) is 9.67. The van der Waals surface area contributed by atoms with E-state index in [1.807, 2.05) is 31.4 Å². The Hall–Kier alpha value is -0.180. The Morgan fingerprint density at radius 3 is 2.69 bits per heavy atom. The second kappa shape index (κ2) is 4.89. The minimum Gasteiger partial charge on any atom is -0.395 e. The SMILES string of the molecule is CSc1ccc([C](C)CO)cc1Cl. The average molecular weight is 216 g/mol. The lowest BCUT2D eigenvalue weighted by atomic mass is 10.0. The molecule has 0 saturated heterocycles. The molecule has 0 spiro atoms. The Kier molecular flexibility index (Phi) is 4.10. The summed E-state index contributed by atoms with van der Waals surface area (Å²) in [5.41, 5.74) is 1.00. The van der Waals surface area contributed by atoms with Gasteiger partial charge in [-0.3, -0.25) is 0 Å². The topological polar surface area (TPSA) is 20.2 Å². The van der Waals surface area contributed by atoms with Crippen LogP contribution in [-0.2, 0) is 0 Å². The van der Waals surface area contributed by atoms with Crippen LogP contribution in [0.4, 0.5) is 0 Å². The predicted molar refractivity (Wildman–Crippen MR) is 58.3 cm³/mol. The molecule has 1 rings (SSSR count). The van der Waals surface area contributed by atoms with E-state index in [2.05, 4.69) is 0 Å². The molecule has 0 unspecified atom stereocenters. The maximum absolute atomic E-state index is 8.92. The summed E-state index contributed by atoms with van der Waals surface area (Å²) in [6.07, 6.45) is 1.99. The molecule has 0 aromatic heterocycles. The molecule has 71 valence electrons. The van der Waals surface area contributed by atoms with Crippen molar-refractivity contribution in [2.75, 3.05) is 12.9 Å². The minimum absolute atomic E-state index is 0.0783. The van der Waals surface area contributed by atoms with Gasteiger partial charge in [0.15, 0.2) is 0 Å². The Labute approximate surface area is 88.1 Å². The third kappa shape index (κ3) is 2.63. The van der Waals surface area contributed by atoms with Gasteiger partial charge in [-0.25, -0.2) is 0 Å². The fraction of sp³-hybridized carbons (Fsp3) is 0.300. The number of hydrogen-bond acceptors (Lipinski definition) is 2. The van der Waals surface area contributed by atoms with Crippen molar-refractivity contribution >= 4 is 23.4 Å². The molecule has 0 aliphatic rings. The van der Waals surface area contributed by atoms with Crippen molar-refractivity contribution in [3.63, 3.8) is 0 Å². The van der Waals surface area contributed by atoms with E-state index in [9.17, 15) is 0 Å². The second-order valence-electron chi connectivity index (χ2n) is 2.79. The molecule has 1 N–H and O–H groups in total. The second-order valence-corrected chi connectivity index (χ2v) is 4.04.